The third-order valence-electron chi connectivity index (χ3n) is 4.49. The second-order valence-electron chi connectivity index (χ2n) is 5.91. The molecule has 0 saturated carbocycles. The Kier molecular flexibility index (Phi) is 2.74. The van der Waals surface area contributed by atoms with E-state index in [1.807, 2.05) is 35.2 Å². The van der Waals surface area contributed by atoms with Gasteiger partial charge in [-0.25, -0.2) is 0 Å². The van der Waals surface area contributed by atoms with Crippen molar-refractivity contribution in [2.24, 2.45) is 0 Å². The first-order valence-corrected chi connectivity index (χ1v) is 7.52. The number of carbonyl (C=O) groups excluding carboxylic acids is 1. The van der Waals surface area contributed by atoms with Gasteiger partial charge in [0.2, 0.25) is 0 Å². The smallest absolute Gasteiger partial charge is 0.258 e. The van der Waals surface area contributed by atoms with Gasteiger partial charge in [0.05, 0.1) is 0 Å². The van der Waals surface area contributed by atoms with Crippen molar-refractivity contribution in [2.75, 3.05) is 16.8 Å². The maximum absolute atomic E-state index is 12.9. The summed E-state index contributed by atoms with van der Waals surface area (Å²) in [4.78, 5) is 14.9. The van der Waals surface area contributed by atoms with Crippen LogP contribution in [0.1, 0.15) is 28.4 Å². The van der Waals surface area contributed by atoms with Crippen LogP contribution in [0.25, 0.3) is 0 Å². The highest BCUT2D eigenvalue weighted by atomic mass is 16.2. The van der Waals surface area contributed by atoms with Gasteiger partial charge in [-0.3, -0.25) is 4.79 Å². The van der Waals surface area contributed by atoms with Crippen LogP contribution >= 0.6 is 0 Å². The molecule has 0 aromatic heterocycles. The predicted octanol–water partition coefficient (Wildman–Crippen LogP) is 3.25. The molecule has 0 aliphatic carbocycles. The zero-order valence-corrected chi connectivity index (χ0v) is 12.1. The standard InChI is InChI=1S/C18H18N2O/c1-12-10-14-4-2-3-5-17(14)20(12)18(21)15-7-6-13-8-9-19-16(13)11-15/h2-7,11-12,19H,8-10H2,1H3. The lowest BCUT2D eigenvalue weighted by molar-refractivity contribution is 0.0981. The van der Waals surface area contributed by atoms with Crippen LogP contribution in [0.3, 0.4) is 0 Å². The molecule has 0 spiro atoms. The van der Waals surface area contributed by atoms with Crippen LogP contribution in [-0.2, 0) is 12.8 Å². The van der Waals surface area contributed by atoms with Crippen molar-refractivity contribution in [3.63, 3.8) is 0 Å². The van der Waals surface area contributed by atoms with Crippen LogP contribution in [0, 0.1) is 0 Å². The maximum Gasteiger partial charge on any atom is 0.258 e. The summed E-state index contributed by atoms with van der Waals surface area (Å²) in [6.45, 7) is 3.08. The number of hydrogen-bond donors (Lipinski definition) is 1. The van der Waals surface area contributed by atoms with E-state index < -0.39 is 0 Å². The van der Waals surface area contributed by atoms with Crippen molar-refractivity contribution in [1.29, 1.82) is 0 Å². The third-order valence-corrected chi connectivity index (χ3v) is 4.49. The number of anilines is 2. The van der Waals surface area contributed by atoms with E-state index in [4.69, 9.17) is 0 Å². The van der Waals surface area contributed by atoms with Crippen molar-refractivity contribution in [3.05, 3.63) is 59.2 Å². The Labute approximate surface area is 124 Å². The van der Waals surface area contributed by atoms with Crippen LogP contribution in [-0.4, -0.2) is 18.5 Å². The molecule has 0 fully saturated rings. The van der Waals surface area contributed by atoms with Gasteiger partial charge in [0.15, 0.2) is 0 Å². The number of carbonyl (C=O) groups is 1. The van der Waals surface area contributed by atoms with Crippen LogP contribution in [0.4, 0.5) is 11.4 Å². The Hall–Kier alpha value is -2.29. The van der Waals surface area contributed by atoms with Crippen LogP contribution < -0.4 is 10.2 Å². The summed E-state index contributed by atoms with van der Waals surface area (Å²) in [5.41, 5.74) is 5.51. The molecular weight excluding hydrogens is 260 g/mol. The summed E-state index contributed by atoms with van der Waals surface area (Å²) in [6, 6.07) is 14.5. The number of amides is 1. The van der Waals surface area contributed by atoms with E-state index in [1.165, 1.54) is 11.1 Å². The van der Waals surface area contributed by atoms with Gasteiger partial charge in [-0.15, -0.1) is 0 Å². The van der Waals surface area contributed by atoms with Crippen LogP contribution in [0.15, 0.2) is 42.5 Å². The first-order valence-electron chi connectivity index (χ1n) is 7.52. The quantitative estimate of drug-likeness (QED) is 0.868. The molecule has 2 heterocycles. The maximum atomic E-state index is 12.9. The van der Waals surface area contributed by atoms with Crippen molar-refractivity contribution in [3.8, 4) is 0 Å². The topological polar surface area (TPSA) is 32.3 Å². The van der Waals surface area contributed by atoms with Gasteiger partial charge in [-0.05, 0) is 49.1 Å². The zero-order valence-electron chi connectivity index (χ0n) is 12.1. The largest absolute Gasteiger partial charge is 0.384 e. The highest BCUT2D eigenvalue weighted by Gasteiger charge is 2.31. The van der Waals surface area contributed by atoms with Crippen molar-refractivity contribution in [2.45, 2.75) is 25.8 Å². The molecule has 4 rings (SSSR count). The summed E-state index contributed by atoms with van der Waals surface area (Å²) in [5, 5.41) is 3.35. The van der Waals surface area contributed by atoms with E-state index >= 15 is 0 Å². The van der Waals surface area contributed by atoms with Gasteiger partial charge in [0.1, 0.15) is 0 Å². The molecule has 0 radical (unpaired) electrons. The number of para-hydroxylation sites is 1. The van der Waals surface area contributed by atoms with E-state index in [1.54, 1.807) is 0 Å². The van der Waals surface area contributed by atoms with Crippen LogP contribution in [0.5, 0.6) is 0 Å². The Balaban J connectivity index is 1.72. The van der Waals surface area contributed by atoms with E-state index in [-0.39, 0.29) is 11.9 Å². The molecule has 0 saturated heterocycles. The first kappa shape index (κ1) is 12.5. The van der Waals surface area contributed by atoms with E-state index in [9.17, 15) is 4.79 Å². The second kappa shape index (κ2) is 4.62. The molecule has 3 heteroatoms. The average Bonchev–Trinajstić information content (AvgIpc) is 3.08. The highest BCUT2D eigenvalue weighted by molar-refractivity contribution is 6.08. The summed E-state index contributed by atoms with van der Waals surface area (Å²) in [7, 11) is 0. The molecule has 2 aliphatic rings. The molecule has 21 heavy (non-hydrogen) atoms. The molecule has 1 amide bonds. The molecule has 2 aromatic carbocycles. The summed E-state index contributed by atoms with van der Waals surface area (Å²) in [5.74, 6) is 0.101. The minimum atomic E-state index is 0.101. The van der Waals surface area contributed by atoms with Gasteiger partial charge in [-0.2, -0.15) is 0 Å². The van der Waals surface area contributed by atoms with Gasteiger partial charge < -0.3 is 10.2 Å². The fourth-order valence-electron chi connectivity index (χ4n) is 3.44. The first-order chi connectivity index (χ1) is 10.2. The Morgan fingerprint density at radius 1 is 1.19 bits per heavy atom. The molecule has 2 aromatic rings. The van der Waals surface area contributed by atoms with E-state index in [0.29, 0.717) is 0 Å². The number of benzene rings is 2. The van der Waals surface area contributed by atoms with Crippen molar-refractivity contribution in [1.82, 2.24) is 0 Å². The lowest BCUT2D eigenvalue weighted by atomic mass is 10.1. The zero-order chi connectivity index (χ0) is 14.4. The number of nitrogens with one attached hydrogen (secondary N) is 1. The molecule has 1 atom stereocenters. The lowest BCUT2D eigenvalue weighted by Crippen LogP contribution is -2.35. The molecule has 106 valence electrons. The normalized spacial score (nSPS) is 19.1. The second-order valence-corrected chi connectivity index (χ2v) is 5.91. The van der Waals surface area contributed by atoms with Gasteiger partial charge in [-0.1, -0.05) is 24.3 Å². The van der Waals surface area contributed by atoms with Gasteiger partial charge in [0.25, 0.3) is 5.91 Å². The third kappa shape index (κ3) is 1.92. The Morgan fingerprint density at radius 3 is 2.95 bits per heavy atom. The fourth-order valence-corrected chi connectivity index (χ4v) is 3.44. The summed E-state index contributed by atoms with van der Waals surface area (Å²) >= 11 is 0. The number of nitrogens with zero attached hydrogens (tertiary/aromatic N) is 1. The monoisotopic (exact) mass is 278 g/mol. The number of fused-ring (bicyclic) bond motifs is 2. The predicted molar refractivity (Wildman–Crippen MR) is 85.1 cm³/mol. The molecule has 2 aliphatic heterocycles. The molecule has 1 N–H and O–H groups in total. The SMILES string of the molecule is CC1Cc2ccccc2N1C(=O)c1ccc2c(c1)NCC2. The average molecular weight is 278 g/mol. The van der Waals surface area contributed by atoms with Gasteiger partial charge >= 0.3 is 0 Å². The Bertz CT molecular complexity index is 723. The number of hydrogen-bond acceptors (Lipinski definition) is 2. The minimum Gasteiger partial charge on any atom is -0.384 e. The number of rotatable bonds is 1. The molecule has 3 nitrogen and oxygen atoms in total. The lowest BCUT2D eigenvalue weighted by Gasteiger charge is -2.23. The highest BCUT2D eigenvalue weighted by Crippen LogP contribution is 2.34. The Morgan fingerprint density at radius 2 is 2.05 bits per heavy atom. The minimum absolute atomic E-state index is 0.101. The summed E-state index contributed by atoms with van der Waals surface area (Å²) < 4.78 is 0. The molecular formula is C18H18N2O. The van der Waals surface area contributed by atoms with Crippen molar-refractivity contribution < 1.29 is 4.79 Å². The van der Waals surface area contributed by atoms with Gasteiger partial charge in [0, 0.05) is 29.5 Å². The van der Waals surface area contributed by atoms with E-state index in [0.717, 1.165) is 36.3 Å². The molecule has 0 bridgehead atoms. The van der Waals surface area contributed by atoms with Crippen LogP contribution in [0.2, 0.25) is 0 Å². The molecule has 1 unspecified atom stereocenters. The van der Waals surface area contributed by atoms with E-state index in [2.05, 4.69) is 24.4 Å². The van der Waals surface area contributed by atoms with Crippen molar-refractivity contribution >= 4 is 17.3 Å². The summed E-state index contributed by atoms with van der Waals surface area (Å²) in [6.07, 6.45) is 1.98. The fraction of sp³-hybridized carbons (Fsp3) is 0.278.